The first-order valence-corrected chi connectivity index (χ1v) is 7.81. The van der Waals surface area contributed by atoms with Gasteiger partial charge in [0.05, 0.1) is 0 Å². The first-order chi connectivity index (χ1) is 10.0. The Hall–Kier alpha value is -1.83. The molecule has 1 aromatic heterocycles. The molecule has 21 heavy (non-hydrogen) atoms. The Bertz CT molecular complexity index is 664. The van der Waals surface area contributed by atoms with Gasteiger partial charge in [-0.3, -0.25) is 14.2 Å². The fourth-order valence-corrected chi connectivity index (χ4v) is 3.74. The Morgan fingerprint density at radius 3 is 2.76 bits per heavy atom. The van der Waals surface area contributed by atoms with Gasteiger partial charge in [-0.05, 0) is 12.8 Å². The SMILES string of the molecule is O=C(NC1(C(=O)O)CCCC1)c1cnc2n(c1=O)CCS2. The van der Waals surface area contributed by atoms with Crippen molar-refractivity contribution in [3.63, 3.8) is 0 Å². The van der Waals surface area contributed by atoms with Crippen molar-refractivity contribution in [2.75, 3.05) is 5.75 Å². The van der Waals surface area contributed by atoms with E-state index in [1.807, 2.05) is 0 Å². The van der Waals surface area contributed by atoms with Crippen LogP contribution < -0.4 is 10.9 Å². The Kier molecular flexibility index (Phi) is 3.48. The molecule has 7 nitrogen and oxygen atoms in total. The van der Waals surface area contributed by atoms with Crippen LogP contribution in [0.1, 0.15) is 36.0 Å². The molecule has 0 spiro atoms. The van der Waals surface area contributed by atoms with Crippen LogP contribution in [0, 0.1) is 0 Å². The van der Waals surface area contributed by atoms with Crippen molar-refractivity contribution >= 4 is 23.6 Å². The summed E-state index contributed by atoms with van der Waals surface area (Å²) < 4.78 is 1.46. The zero-order valence-corrected chi connectivity index (χ0v) is 12.1. The lowest BCUT2D eigenvalue weighted by molar-refractivity contribution is -0.144. The van der Waals surface area contributed by atoms with E-state index in [9.17, 15) is 19.5 Å². The van der Waals surface area contributed by atoms with Crippen LogP contribution in [0.4, 0.5) is 0 Å². The zero-order chi connectivity index (χ0) is 15.0. The number of fused-ring (bicyclic) bond motifs is 1. The summed E-state index contributed by atoms with van der Waals surface area (Å²) in [6, 6.07) is 0. The molecule has 1 aliphatic heterocycles. The smallest absolute Gasteiger partial charge is 0.329 e. The lowest BCUT2D eigenvalue weighted by atomic mass is 9.97. The third-order valence-electron chi connectivity index (χ3n) is 4.02. The summed E-state index contributed by atoms with van der Waals surface area (Å²) in [6.45, 7) is 0.525. The van der Waals surface area contributed by atoms with Crippen molar-refractivity contribution in [3.8, 4) is 0 Å². The van der Waals surface area contributed by atoms with Crippen molar-refractivity contribution in [3.05, 3.63) is 22.1 Å². The maximum atomic E-state index is 12.3. The molecule has 3 rings (SSSR count). The minimum Gasteiger partial charge on any atom is -0.480 e. The van der Waals surface area contributed by atoms with Gasteiger partial charge in [-0.25, -0.2) is 9.78 Å². The second-order valence-electron chi connectivity index (χ2n) is 5.31. The highest BCUT2D eigenvalue weighted by atomic mass is 32.2. The average molecular weight is 309 g/mol. The summed E-state index contributed by atoms with van der Waals surface area (Å²) in [4.78, 5) is 40.1. The highest BCUT2D eigenvalue weighted by molar-refractivity contribution is 7.99. The van der Waals surface area contributed by atoms with Crippen molar-refractivity contribution < 1.29 is 14.7 Å². The largest absolute Gasteiger partial charge is 0.480 e. The van der Waals surface area contributed by atoms with Gasteiger partial charge in [0, 0.05) is 18.5 Å². The van der Waals surface area contributed by atoms with Crippen LogP contribution >= 0.6 is 11.8 Å². The van der Waals surface area contributed by atoms with Gasteiger partial charge in [-0.15, -0.1) is 0 Å². The van der Waals surface area contributed by atoms with E-state index in [0.29, 0.717) is 24.5 Å². The standard InChI is InChI=1S/C13H15N3O4S/c17-9(15-13(11(19)20)3-1-2-4-13)8-7-14-12-16(10(8)18)5-6-21-12/h7H,1-6H2,(H,15,17)(H,19,20). The van der Waals surface area contributed by atoms with Gasteiger partial charge < -0.3 is 10.4 Å². The highest BCUT2D eigenvalue weighted by Crippen LogP contribution is 2.30. The summed E-state index contributed by atoms with van der Waals surface area (Å²) >= 11 is 1.47. The lowest BCUT2D eigenvalue weighted by Crippen LogP contribution is -2.53. The number of carboxylic acid groups (broad SMARTS) is 1. The maximum absolute atomic E-state index is 12.3. The van der Waals surface area contributed by atoms with Gasteiger partial charge in [0.15, 0.2) is 5.16 Å². The summed E-state index contributed by atoms with van der Waals surface area (Å²) in [6.07, 6.45) is 3.54. The second-order valence-corrected chi connectivity index (χ2v) is 6.37. The molecule has 0 atom stereocenters. The molecule has 0 saturated heterocycles. The number of carboxylic acids is 1. The van der Waals surface area contributed by atoms with E-state index in [-0.39, 0.29) is 5.56 Å². The quantitative estimate of drug-likeness (QED) is 0.787. The van der Waals surface area contributed by atoms with Crippen molar-refractivity contribution in [1.29, 1.82) is 0 Å². The van der Waals surface area contributed by atoms with Gasteiger partial charge in [-0.2, -0.15) is 0 Å². The average Bonchev–Trinajstić information content (AvgIpc) is 3.08. The Morgan fingerprint density at radius 1 is 1.38 bits per heavy atom. The summed E-state index contributed by atoms with van der Waals surface area (Å²) in [5.41, 5.74) is -1.74. The summed E-state index contributed by atoms with van der Waals surface area (Å²) in [7, 11) is 0. The molecular formula is C13H15N3O4S. The topological polar surface area (TPSA) is 101 Å². The van der Waals surface area contributed by atoms with Crippen LogP contribution in [0.3, 0.4) is 0 Å². The predicted octanol–water partition coefficient (Wildman–Crippen LogP) is 0.476. The Morgan fingerprint density at radius 2 is 2.10 bits per heavy atom. The normalized spacial score (nSPS) is 19.2. The molecule has 1 fully saturated rings. The number of aromatic nitrogens is 2. The zero-order valence-electron chi connectivity index (χ0n) is 11.3. The van der Waals surface area contributed by atoms with Crippen LogP contribution in [0.25, 0.3) is 0 Å². The minimum atomic E-state index is -1.25. The number of amides is 1. The van der Waals surface area contributed by atoms with Crippen LogP contribution in [-0.4, -0.2) is 37.8 Å². The molecule has 2 N–H and O–H groups in total. The third-order valence-corrected chi connectivity index (χ3v) is 4.99. The number of aliphatic carboxylic acids is 1. The van der Waals surface area contributed by atoms with Crippen molar-refractivity contribution in [1.82, 2.24) is 14.9 Å². The van der Waals surface area contributed by atoms with Gasteiger partial charge in [0.1, 0.15) is 11.1 Å². The van der Waals surface area contributed by atoms with E-state index >= 15 is 0 Å². The first kappa shape index (κ1) is 14.1. The minimum absolute atomic E-state index is 0.0891. The molecule has 8 heteroatoms. The van der Waals surface area contributed by atoms with E-state index in [4.69, 9.17) is 0 Å². The molecule has 112 valence electrons. The number of nitrogens with one attached hydrogen (secondary N) is 1. The molecule has 1 aliphatic carbocycles. The molecule has 0 radical (unpaired) electrons. The molecule has 2 aliphatic rings. The molecule has 0 aromatic carbocycles. The molecule has 1 amide bonds. The van der Waals surface area contributed by atoms with Crippen LogP contribution in [-0.2, 0) is 11.3 Å². The number of carbonyl (C=O) groups is 2. The molecule has 0 bridgehead atoms. The number of hydrogen-bond donors (Lipinski definition) is 2. The summed E-state index contributed by atoms with van der Waals surface area (Å²) in [5, 5.41) is 12.5. The van der Waals surface area contributed by atoms with Gasteiger partial charge in [-0.1, -0.05) is 24.6 Å². The van der Waals surface area contributed by atoms with E-state index in [1.165, 1.54) is 22.5 Å². The predicted molar refractivity (Wildman–Crippen MR) is 75.5 cm³/mol. The third kappa shape index (κ3) is 2.33. The fourth-order valence-electron chi connectivity index (χ4n) is 2.83. The van der Waals surface area contributed by atoms with E-state index in [0.717, 1.165) is 18.6 Å². The van der Waals surface area contributed by atoms with Crippen LogP contribution in [0.5, 0.6) is 0 Å². The maximum Gasteiger partial charge on any atom is 0.329 e. The van der Waals surface area contributed by atoms with Gasteiger partial charge >= 0.3 is 5.97 Å². The monoisotopic (exact) mass is 309 g/mol. The molecule has 1 saturated carbocycles. The fraction of sp³-hybridized carbons (Fsp3) is 0.538. The molecule has 1 aromatic rings. The molecular weight excluding hydrogens is 294 g/mol. The first-order valence-electron chi connectivity index (χ1n) is 6.82. The number of thioether (sulfide) groups is 1. The summed E-state index contributed by atoms with van der Waals surface area (Å²) in [5.74, 6) is -0.936. The van der Waals surface area contributed by atoms with E-state index in [2.05, 4.69) is 10.3 Å². The number of rotatable bonds is 3. The Balaban J connectivity index is 1.90. The highest BCUT2D eigenvalue weighted by Gasteiger charge is 2.43. The molecule has 0 unspecified atom stereocenters. The Labute approximate surface area is 124 Å². The lowest BCUT2D eigenvalue weighted by Gasteiger charge is -2.25. The van der Waals surface area contributed by atoms with Gasteiger partial charge in [0.25, 0.3) is 11.5 Å². The van der Waals surface area contributed by atoms with Crippen LogP contribution in [0.15, 0.2) is 16.1 Å². The van der Waals surface area contributed by atoms with Crippen molar-refractivity contribution in [2.24, 2.45) is 0 Å². The van der Waals surface area contributed by atoms with Gasteiger partial charge in [0.2, 0.25) is 0 Å². The van der Waals surface area contributed by atoms with E-state index < -0.39 is 23.0 Å². The van der Waals surface area contributed by atoms with E-state index in [1.54, 1.807) is 0 Å². The second kappa shape index (κ2) is 5.18. The molecule has 2 heterocycles. The number of carbonyl (C=O) groups excluding carboxylic acids is 1. The number of nitrogens with zero attached hydrogens (tertiary/aromatic N) is 2. The van der Waals surface area contributed by atoms with Crippen LogP contribution in [0.2, 0.25) is 0 Å². The number of hydrogen-bond acceptors (Lipinski definition) is 5. The van der Waals surface area contributed by atoms with Crippen molar-refractivity contribution in [2.45, 2.75) is 42.9 Å².